The fraction of sp³-hybridized carbons (Fsp3) is 0.303. The van der Waals surface area contributed by atoms with Crippen LogP contribution in [0.15, 0.2) is 90.0 Å². The van der Waals surface area contributed by atoms with E-state index >= 15 is 0 Å². The van der Waals surface area contributed by atoms with Gasteiger partial charge >= 0.3 is 30.8 Å². The maximum Gasteiger partial charge on any atom is 0.435 e. The number of amides is 3. The van der Waals surface area contributed by atoms with Crippen LogP contribution in [-0.2, 0) is 44.4 Å². The van der Waals surface area contributed by atoms with Gasteiger partial charge in [0.1, 0.15) is 0 Å². The molecule has 54 heavy (non-hydrogen) atoms. The Kier molecular flexibility index (Phi) is 13.3. The number of nitrogens with zero attached hydrogens (tertiary/aromatic N) is 5. The van der Waals surface area contributed by atoms with Crippen LogP contribution in [0.1, 0.15) is 37.5 Å². The lowest BCUT2D eigenvalue weighted by Gasteiger charge is -2.37. The molecule has 0 spiro atoms. The number of halogens is 7. The number of alkyl halides is 7. The Morgan fingerprint density at radius 1 is 0.907 bits per heavy atom. The maximum atomic E-state index is 14.5. The number of hydrazine groups is 1. The number of carbonyl (C=O) groups excluding carboxylic acids is 2. The molecule has 2 aromatic carbocycles. The van der Waals surface area contributed by atoms with Crippen molar-refractivity contribution in [3.8, 4) is 11.6 Å². The molecule has 1 aliphatic heterocycles. The molecule has 3 amide bonds. The molecule has 1 N–H and O–H groups in total. The fourth-order valence-corrected chi connectivity index (χ4v) is 6.93. The number of fused-ring (bicyclic) bond motifs is 1. The number of imide groups is 1. The molecule has 4 aromatic rings. The van der Waals surface area contributed by atoms with Gasteiger partial charge in [0.15, 0.2) is 0 Å². The number of nitrogens with one attached hydrogen (secondary N) is 1. The molecule has 0 fully saturated rings. The zero-order valence-corrected chi connectivity index (χ0v) is 30.3. The number of anilines is 1. The van der Waals surface area contributed by atoms with Crippen LogP contribution in [-0.4, -0.2) is 57.3 Å². The molecule has 21 heteroatoms. The maximum absolute atomic E-state index is 14.5. The lowest BCUT2D eigenvalue weighted by Crippen LogP contribution is -2.54. The molecule has 3 heterocycles. The van der Waals surface area contributed by atoms with Crippen LogP contribution in [0.4, 0.5) is 41.2 Å². The van der Waals surface area contributed by atoms with Crippen molar-refractivity contribution in [2.45, 2.75) is 51.9 Å². The third kappa shape index (κ3) is 9.48. The molecule has 12 nitrogen and oxygen atoms in total. The minimum absolute atomic E-state index is 0.0124. The van der Waals surface area contributed by atoms with Crippen molar-refractivity contribution in [3.63, 3.8) is 0 Å². The predicted octanol–water partition coefficient (Wildman–Crippen LogP) is 7.27. The topological polar surface area (TPSA) is 128 Å². The summed E-state index contributed by atoms with van der Waals surface area (Å²) in [5, 5.41) is 5.01. The second-order valence-corrected chi connectivity index (χ2v) is 14.0. The molecule has 0 atom stereocenters. The van der Waals surface area contributed by atoms with Crippen LogP contribution >= 0.6 is 6.72 Å². The van der Waals surface area contributed by atoms with Crippen LogP contribution in [0.2, 0.25) is 0 Å². The van der Waals surface area contributed by atoms with Gasteiger partial charge in [0, 0.05) is 55.4 Å². The van der Waals surface area contributed by atoms with E-state index in [0.29, 0.717) is 41.5 Å². The third-order valence-electron chi connectivity index (χ3n) is 7.32. The van der Waals surface area contributed by atoms with Crippen molar-refractivity contribution in [2.24, 2.45) is 0 Å². The van der Waals surface area contributed by atoms with E-state index in [0.717, 1.165) is 11.9 Å². The van der Waals surface area contributed by atoms with E-state index < -0.39 is 48.8 Å². The van der Waals surface area contributed by atoms with E-state index in [2.05, 4.69) is 15.5 Å². The van der Waals surface area contributed by atoms with Crippen molar-refractivity contribution < 1.29 is 53.9 Å². The van der Waals surface area contributed by atoms with Crippen LogP contribution in [0.5, 0.6) is 5.88 Å². The number of para-hydroxylation sites is 1. The van der Waals surface area contributed by atoms with Crippen molar-refractivity contribution in [1.29, 1.82) is 0 Å². The first-order valence-electron chi connectivity index (χ1n) is 15.8. The van der Waals surface area contributed by atoms with Gasteiger partial charge in [-0.15, -0.1) is 5.10 Å². The Labute approximate surface area is 308 Å². The van der Waals surface area contributed by atoms with Crippen molar-refractivity contribution >= 4 is 36.2 Å². The first-order valence-corrected chi connectivity index (χ1v) is 18.4. The Morgan fingerprint density at radius 3 is 2.11 bits per heavy atom. The van der Waals surface area contributed by atoms with E-state index in [1.54, 1.807) is 24.3 Å². The number of hydrogen-bond acceptors (Lipinski definition) is 10. The molecule has 1 aliphatic rings. The fourth-order valence-electron chi connectivity index (χ4n) is 4.93. The highest BCUT2D eigenvalue weighted by atomic mass is 32.5. The standard InChI is InChI=1S/C19H15F7N4O2.C14H17N2O4PS/c1-11(31)30-15-5-4-14(17(20,18(21,22)23)19(24,25)26)7-13(15)10-29(16(30)32)28-9-12-3-2-6-27-8-12;1-3-18-21(22,19-4-2)20-13-10-11-14(17)16(15-13)12-8-6-5-7-9-12/h2-8,28H,9-10H2,1H3;5-11H,3-4H2,1-2H3. The van der Waals surface area contributed by atoms with E-state index in [9.17, 15) is 45.1 Å². The van der Waals surface area contributed by atoms with Gasteiger partial charge < -0.3 is 4.52 Å². The van der Waals surface area contributed by atoms with Crippen LogP contribution in [0.25, 0.3) is 5.69 Å². The summed E-state index contributed by atoms with van der Waals surface area (Å²) < 4.78 is 111. The number of pyridine rings is 1. The predicted molar refractivity (Wildman–Crippen MR) is 185 cm³/mol. The lowest BCUT2D eigenvalue weighted by atomic mass is 9.91. The Morgan fingerprint density at radius 2 is 1.56 bits per heavy atom. The zero-order chi connectivity index (χ0) is 39.9. The molecule has 0 bridgehead atoms. The second kappa shape index (κ2) is 17.2. The molecule has 0 unspecified atom stereocenters. The summed E-state index contributed by atoms with van der Waals surface area (Å²) in [6, 6.07) is 15.5. The summed E-state index contributed by atoms with van der Waals surface area (Å²) in [6.45, 7) is 1.93. The number of benzene rings is 2. The second-order valence-electron chi connectivity index (χ2n) is 11.0. The van der Waals surface area contributed by atoms with Gasteiger partial charge in [0.25, 0.3) is 5.56 Å². The summed E-state index contributed by atoms with van der Waals surface area (Å²) in [4.78, 5) is 41.1. The number of urea groups is 1. The average Bonchev–Trinajstić information content (AvgIpc) is 3.11. The quantitative estimate of drug-likeness (QED) is 0.122. The zero-order valence-electron chi connectivity index (χ0n) is 28.6. The normalized spacial score (nSPS) is 13.6. The first kappa shape index (κ1) is 42.0. The van der Waals surface area contributed by atoms with Crippen molar-refractivity contribution in [3.05, 3.63) is 112 Å². The highest BCUT2D eigenvalue weighted by Gasteiger charge is 2.73. The summed E-state index contributed by atoms with van der Waals surface area (Å²) in [5.74, 6) is -0.649. The first-order chi connectivity index (χ1) is 25.3. The van der Waals surface area contributed by atoms with Gasteiger partial charge in [-0.1, -0.05) is 30.3 Å². The summed E-state index contributed by atoms with van der Waals surface area (Å²) in [7, 11) is 0. The molecule has 5 rings (SSSR count). The number of carbonyl (C=O) groups is 2. The highest BCUT2D eigenvalue weighted by Crippen LogP contribution is 2.54. The summed E-state index contributed by atoms with van der Waals surface area (Å²) in [6.07, 6.45) is -9.62. The minimum Gasteiger partial charge on any atom is -0.404 e. The highest BCUT2D eigenvalue weighted by molar-refractivity contribution is 8.07. The molecule has 0 saturated carbocycles. The molecule has 0 aliphatic carbocycles. The Balaban J connectivity index is 0.000000258. The van der Waals surface area contributed by atoms with Gasteiger partial charge in [-0.25, -0.2) is 19.5 Å². The molecular formula is C33H32F7N6O6PS. The largest absolute Gasteiger partial charge is 0.435 e. The van der Waals surface area contributed by atoms with Gasteiger partial charge in [0.05, 0.1) is 31.1 Å². The van der Waals surface area contributed by atoms with E-state index in [1.165, 1.54) is 29.2 Å². The summed E-state index contributed by atoms with van der Waals surface area (Å²) in [5.41, 5.74) is -4.24. The SMILES string of the molecule is CC(=O)N1C(=O)N(NCc2cccnc2)Cc2cc(C(F)(C(F)(F)F)C(F)(F)F)ccc21.CCOP(=S)(OCC)Oc1ccc(=O)n(-c2ccccc2)n1. The lowest BCUT2D eigenvalue weighted by molar-refractivity contribution is -0.348. The van der Waals surface area contributed by atoms with E-state index in [1.807, 2.05) is 32.0 Å². The molecule has 2 aromatic heterocycles. The van der Waals surface area contributed by atoms with Crippen LogP contribution in [0.3, 0.4) is 0 Å². The third-order valence-corrected chi connectivity index (χ3v) is 9.73. The number of aromatic nitrogens is 3. The van der Waals surface area contributed by atoms with Crippen LogP contribution < -0.4 is 20.4 Å². The minimum atomic E-state index is -6.29. The molecule has 290 valence electrons. The number of hydrogen-bond donors (Lipinski definition) is 1. The van der Waals surface area contributed by atoms with Crippen molar-refractivity contribution in [2.75, 3.05) is 18.1 Å². The smallest absolute Gasteiger partial charge is 0.404 e. The monoisotopic (exact) mass is 804 g/mol. The molecule has 0 saturated heterocycles. The van der Waals surface area contributed by atoms with Gasteiger partial charge in [-0.05, 0) is 55.3 Å². The van der Waals surface area contributed by atoms with E-state index in [-0.39, 0.29) is 35.3 Å². The summed E-state index contributed by atoms with van der Waals surface area (Å²) >= 11 is 5.29. The van der Waals surface area contributed by atoms with Crippen LogP contribution in [0, 0.1) is 0 Å². The van der Waals surface area contributed by atoms with Crippen molar-refractivity contribution in [1.82, 2.24) is 25.2 Å². The Hall–Kier alpha value is -4.75. The Bertz CT molecular complexity index is 2020. The molecular weight excluding hydrogens is 772 g/mol. The van der Waals surface area contributed by atoms with Gasteiger partial charge in [-0.3, -0.25) is 28.6 Å². The number of rotatable bonds is 11. The van der Waals surface area contributed by atoms with Gasteiger partial charge in [0.2, 0.25) is 11.8 Å². The average molecular weight is 805 g/mol. The van der Waals surface area contributed by atoms with E-state index in [4.69, 9.17) is 25.4 Å². The molecule has 0 radical (unpaired) electrons. The van der Waals surface area contributed by atoms with Gasteiger partial charge in [-0.2, -0.15) is 31.0 Å².